The van der Waals surface area contributed by atoms with Crippen LogP contribution in [-0.2, 0) is 6.42 Å². The largest absolute Gasteiger partial charge is 0.324 e. The molecule has 1 aliphatic rings. The Hall–Kier alpha value is -2.42. The zero-order valence-electron chi connectivity index (χ0n) is 11.4. The molecule has 2 heterocycles. The van der Waals surface area contributed by atoms with Gasteiger partial charge in [0.05, 0.1) is 16.7 Å². The molecule has 0 bridgehead atoms. The van der Waals surface area contributed by atoms with Gasteiger partial charge in [-0.2, -0.15) is 0 Å². The molecule has 0 N–H and O–H groups in total. The monoisotopic (exact) mass is 261 g/mol. The van der Waals surface area contributed by atoms with Crippen molar-refractivity contribution >= 4 is 22.5 Å². The summed E-state index contributed by atoms with van der Waals surface area (Å²) >= 11 is 0. The molecule has 3 aromatic rings. The van der Waals surface area contributed by atoms with Gasteiger partial charge < -0.3 is 4.90 Å². The lowest BCUT2D eigenvalue weighted by Crippen LogP contribution is -2.16. The first-order valence-electron chi connectivity index (χ1n) is 6.92. The van der Waals surface area contributed by atoms with Crippen molar-refractivity contribution in [2.45, 2.75) is 13.3 Å². The summed E-state index contributed by atoms with van der Waals surface area (Å²) < 4.78 is 0. The van der Waals surface area contributed by atoms with Gasteiger partial charge in [0, 0.05) is 12.2 Å². The number of fused-ring (bicyclic) bond motifs is 2. The maximum Gasteiger partial charge on any atom is 0.155 e. The summed E-state index contributed by atoms with van der Waals surface area (Å²) in [6, 6.07) is 16.6. The molecule has 2 aromatic carbocycles. The Kier molecular flexibility index (Phi) is 2.46. The van der Waals surface area contributed by atoms with Crippen molar-refractivity contribution in [2.75, 3.05) is 11.4 Å². The van der Waals surface area contributed by atoms with E-state index < -0.39 is 0 Å². The fraction of sp³-hybridized carbons (Fsp3) is 0.176. The third-order valence-corrected chi connectivity index (χ3v) is 3.86. The highest BCUT2D eigenvalue weighted by Gasteiger charge is 2.22. The molecule has 0 fully saturated rings. The van der Waals surface area contributed by atoms with Crippen LogP contribution in [0.25, 0.3) is 11.0 Å². The molecule has 0 saturated heterocycles. The van der Waals surface area contributed by atoms with Gasteiger partial charge in [0.2, 0.25) is 0 Å². The van der Waals surface area contributed by atoms with Crippen LogP contribution in [0.1, 0.15) is 11.3 Å². The molecular weight excluding hydrogens is 246 g/mol. The zero-order chi connectivity index (χ0) is 13.5. The minimum Gasteiger partial charge on any atom is -0.324 e. The first-order valence-corrected chi connectivity index (χ1v) is 6.92. The predicted octanol–water partition coefficient (Wildman–Crippen LogP) is 3.63. The molecule has 0 radical (unpaired) electrons. The normalized spacial score (nSPS) is 13.8. The third kappa shape index (κ3) is 1.67. The summed E-state index contributed by atoms with van der Waals surface area (Å²) in [4.78, 5) is 11.8. The molecule has 20 heavy (non-hydrogen) atoms. The molecule has 1 aromatic heterocycles. The van der Waals surface area contributed by atoms with E-state index in [0.29, 0.717) is 0 Å². The fourth-order valence-corrected chi connectivity index (χ4v) is 2.89. The average Bonchev–Trinajstić information content (AvgIpc) is 2.90. The Bertz CT molecular complexity index is 795. The molecule has 0 spiro atoms. The van der Waals surface area contributed by atoms with Crippen molar-refractivity contribution in [3.8, 4) is 0 Å². The Balaban J connectivity index is 1.89. The summed E-state index contributed by atoms with van der Waals surface area (Å²) in [5.41, 5.74) is 5.56. The standard InChI is InChI=1S/C17H15N3/c1-12-17(19-15-8-4-3-7-14(15)18-12)20-11-10-13-6-2-5-9-16(13)20/h2-9H,10-11H2,1H3. The van der Waals surface area contributed by atoms with E-state index in [-0.39, 0.29) is 0 Å². The molecule has 3 heteroatoms. The van der Waals surface area contributed by atoms with Crippen LogP contribution in [0.15, 0.2) is 48.5 Å². The van der Waals surface area contributed by atoms with E-state index >= 15 is 0 Å². The van der Waals surface area contributed by atoms with Gasteiger partial charge in [-0.05, 0) is 37.1 Å². The summed E-state index contributed by atoms with van der Waals surface area (Å²) in [5, 5.41) is 0. The minimum atomic E-state index is 0.956. The SMILES string of the molecule is Cc1nc2ccccc2nc1N1CCc2ccccc21. The summed E-state index contributed by atoms with van der Waals surface area (Å²) in [6.45, 7) is 3.02. The van der Waals surface area contributed by atoms with Crippen LogP contribution in [0.5, 0.6) is 0 Å². The molecule has 0 amide bonds. The van der Waals surface area contributed by atoms with E-state index in [0.717, 1.165) is 35.5 Å². The van der Waals surface area contributed by atoms with Crippen LogP contribution in [0, 0.1) is 6.92 Å². The lowest BCUT2D eigenvalue weighted by molar-refractivity contribution is 0.960. The molecule has 98 valence electrons. The highest BCUT2D eigenvalue weighted by molar-refractivity contribution is 5.78. The van der Waals surface area contributed by atoms with Crippen LogP contribution in [-0.4, -0.2) is 16.5 Å². The van der Waals surface area contributed by atoms with Gasteiger partial charge >= 0.3 is 0 Å². The summed E-state index contributed by atoms with van der Waals surface area (Å²) in [5.74, 6) is 0.980. The second kappa shape index (κ2) is 4.30. The van der Waals surface area contributed by atoms with E-state index in [1.807, 2.05) is 31.2 Å². The summed E-state index contributed by atoms with van der Waals surface area (Å²) in [6.07, 6.45) is 1.07. The Morgan fingerprint density at radius 1 is 0.900 bits per heavy atom. The molecule has 4 rings (SSSR count). The van der Waals surface area contributed by atoms with Crippen molar-refractivity contribution < 1.29 is 0 Å². The van der Waals surface area contributed by atoms with Crippen molar-refractivity contribution in [1.29, 1.82) is 0 Å². The summed E-state index contributed by atoms with van der Waals surface area (Å²) in [7, 11) is 0. The Morgan fingerprint density at radius 2 is 1.60 bits per heavy atom. The van der Waals surface area contributed by atoms with Gasteiger partial charge in [-0.1, -0.05) is 30.3 Å². The average molecular weight is 261 g/mol. The lowest BCUT2D eigenvalue weighted by atomic mass is 10.2. The highest BCUT2D eigenvalue weighted by Crippen LogP contribution is 2.34. The predicted molar refractivity (Wildman–Crippen MR) is 81.4 cm³/mol. The number of hydrogen-bond donors (Lipinski definition) is 0. The molecule has 1 aliphatic heterocycles. The third-order valence-electron chi connectivity index (χ3n) is 3.86. The van der Waals surface area contributed by atoms with Crippen molar-refractivity contribution in [3.63, 3.8) is 0 Å². The quantitative estimate of drug-likeness (QED) is 0.669. The second-order valence-electron chi connectivity index (χ2n) is 5.15. The molecule has 3 nitrogen and oxygen atoms in total. The molecule has 0 aliphatic carbocycles. The zero-order valence-corrected chi connectivity index (χ0v) is 11.4. The lowest BCUT2D eigenvalue weighted by Gasteiger charge is -2.20. The molecule has 0 atom stereocenters. The van der Waals surface area contributed by atoms with E-state index in [1.165, 1.54) is 11.3 Å². The molecular formula is C17H15N3. The smallest absolute Gasteiger partial charge is 0.155 e. The van der Waals surface area contributed by atoms with Crippen LogP contribution in [0.4, 0.5) is 11.5 Å². The van der Waals surface area contributed by atoms with Gasteiger partial charge in [0.15, 0.2) is 5.82 Å². The van der Waals surface area contributed by atoms with Crippen LogP contribution < -0.4 is 4.90 Å². The van der Waals surface area contributed by atoms with E-state index in [4.69, 9.17) is 4.98 Å². The molecule has 0 saturated carbocycles. The van der Waals surface area contributed by atoms with Gasteiger partial charge in [-0.3, -0.25) is 0 Å². The van der Waals surface area contributed by atoms with Gasteiger partial charge in [-0.15, -0.1) is 0 Å². The number of aromatic nitrogens is 2. The Labute approximate surface area is 117 Å². The Morgan fingerprint density at radius 3 is 2.45 bits per heavy atom. The first-order chi connectivity index (χ1) is 9.83. The van der Waals surface area contributed by atoms with Crippen molar-refractivity contribution in [2.24, 2.45) is 0 Å². The van der Waals surface area contributed by atoms with Crippen LogP contribution in [0.3, 0.4) is 0 Å². The van der Waals surface area contributed by atoms with E-state index in [1.54, 1.807) is 0 Å². The van der Waals surface area contributed by atoms with Crippen molar-refractivity contribution in [1.82, 2.24) is 9.97 Å². The molecule has 0 unspecified atom stereocenters. The first kappa shape index (κ1) is 11.4. The minimum absolute atomic E-state index is 0.956. The van der Waals surface area contributed by atoms with E-state index in [2.05, 4.69) is 34.1 Å². The number of para-hydroxylation sites is 3. The van der Waals surface area contributed by atoms with Gasteiger partial charge in [-0.25, -0.2) is 9.97 Å². The van der Waals surface area contributed by atoms with Crippen molar-refractivity contribution in [3.05, 3.63) is 59.8 Å². The fourth-order valence-electron chi connectivity index (χ4n) is 2.89. The van der Waals surface area contributed by atoms with Crippen LogP contribution in [0.2, 0.25) is 0 Å². The number of hydrogen-bond acceptors (Lipinski definition) is 3. The van der Waals surface area contributed by atoms with Gasteiger partial charge in [0.25, 0.3) is 0 Å². The number of anilines is 2. The van der Waals surface area contributed by atoms with Crippen LogP contribution >= 0.6 is 0 Å². The maximum atomic E-state index is 4.82. The number of nitrogens with zero attached hydrogens (tertiary/aromatic N) is 3. The maximum absolute atomic E-state index is 4.82. The number of rotatable bonds is 1. The highest BCUT2D eigenvalue weighted by atomic mass is 15.2. The number of benzene rings is 2. The number of aryl methyl sites for hydroxylation is 1. The van der Waals surface area contributed by atoms with E-state index in [9.17, 15) is 0 Å². The van der Waals surface area contributed by atoms with Gasteiger partial charge in [0.1, 0.15) is 0 Å². The second-order valence-corrected chi connectivity index (χ2v) is 5.15. The topological polar surface area (TPSA) is 29.0 Å².